The highest BCUT2D eigenvalue weighted by Gasteiger charge is 2.05. The zero-order valence-corrected chi connectivity index (χ0v) is 21.3. The first-order valence-corrected chi connectivity index (χ1v) is 11.3. The highest BCUT2D eigenvalue weighted by atomic mass is 127. The van der Waals surface area contributed by atoms with E-state index in [0.29, 0.717) is 0 Å². The normalized spacial score (nSPS) is 11.4. The summed E-state index contributed by atoms with van der Waals surface area (Å²) in [5, 5.41) is 16.4. The van der Waals surface area contributed by atoms with Gasteiger partial charge in [-0.15, -0.1) is 34.2 Å². The van der Waals surface area contributed by atoms with Crippen LogP contribution in [-0.2, 0) is 25.8 Å². The number of para-hydroxylation sites is 1. The number of aryl methyl sites for hydroxylation is 1. The van der Waals surface area contributed by atoms with Gasteiger partial charge in [-0.25, -0.2) is 0 Å². The van der Waals surface area contributed by atoms with Crippen molar-refractivity contribution >= 4 is 40.8 Å². The fraction of sp³-hybridized carbons (Fsp3) is 0.320. The summed E-state index contributed by atoms with van der Waals surface area (Å²) < 4.78 is 2.08. The van der Waals surface area contributed by atoms with Crippen LogP contribution in [0.2, 0.25) is 0 Å². The Morgan fingerprint density at radius 2 is 1.79 bits per heavy atom. The number of hydrogen-bond donors (Lipinski definition) is 3. The lowest BCUT2D eigenvalue weighted by Gasteiger charge is -2.13. The minimum Gasteiger partial charge on any atom is -0.361 e. The van der Waals surface area contributed by atoms with Crippen molar-refractivity contribution < 1.29 is 0 Å². The minimum atomic E-state index is 0. The number of nitrogens with one attached hydrogen (secondary N) is 3. The zero-order valence-electron chi connectivity index (χ0n) is 19.0. The maximum absolute atomic E-state index is 4.84. The molecule has 174 valence electrons. The van der Waals surface area contributed by atoms with E-state index in [1.807, 2.05) is 6.07 Å². The van der Waals surface area contributed by atoms with Crippen LogP contribution in [0.5, 0.6) is 0 Å². The van der Waals surface area contributed by atoms with Gasteiger partial charge in [-0.3, -0.25) is 4.99 Å². The van der Waals surface area contributed by atoms with Gasteiger partial charge in [0.1, 0.15) is 12.2 Å². The van der Waals surface area contributed by atoms with Gasteiger partial charge in [-0.1, -0.05) is 55.5 Å². The maximum Gasteiger partial charge on any atom is 0.191 e. The number of halogens is 1. The van der Waals surface area contributed by atoms with Crippen molar-refractivity contribution in [3.63, 3.8) is 0 Å². The number of aromatic nitrogens is 4. The molecule has 2 aromatic heterocycles. The number of H-pyrrole nitrogens is 1. The quantitative estimate of drug-likeness (QED) is 0.157. The molecule has 8 heteroatoms. The molecular formula is C25H32IN7. The predicted octanol–water partition coefficient (Wildman–Crippen LogP) is 3.96. The molecule has 0 saturated heterocycles. The number of benzene rings is 2. The zero-order chi connectivity index (χ0) is 22.0. The Kier molecular flexibility index (Phi) is 9.74. The van der Waals surface area contributed by atoms with Crippen LogP contribution >= 0.6 is 24.0 Å². The van der Waals surface area contributed by atoms with Gasteiger partial charge in [0.25, 0.3) is 0 Å². The summed E-state index contributed by atoms with van der Waals surface area (Å²) in [5.74, 6) is 1.84. The number of guanidine groups is 1. The standard InChI is InChI=1S/C25H31N7.HI/c1-2-24-31-30-19-32(24)17-16-28-25(26-14-12-20-8-4-3-5-9-20)27-15-13-21-18-29-23-11-7-6-10-22(21)23;/h3-11,18-19,29H,2,12-17H2,1H3,(H2,26,27,28);1H. The van der Waals surface area contributed by atoms with Gasteiger partial charge in [0.05, 0.1) is 0 Å². The molecule has 0 radical (unpaired) electrons. The highest BCUT2D eigenvalue weighted by molar-refractivity contribution is 14.0. The molecule has 0 spiro atoms. The summed E-state index contributed by atoms with van der Waals surface area (Å²) in [6, 6.07) is 18.9. The number of aromatic amines is 1. The molecule has 0 saturated carbocycles. The second kappa shape index (κ2) is 13.0. The Bertz CT molecular complexity index is 1130. The van der Waals surface area contributed by atoms with E-state index in [9.17, 15) is 0 Å². The maximum atomic E-state index is 4.84. The molecule has 4 rings (SSSR count). The molecule has 0 unspecified atom stereocenters. The van der Waals surface area contributed by atoms with Crippen molar-refractivity contribution in [2.24, 2.45) is 4.99 Å². The number of hydrogen-bond acceptors (Lipinski definition) is 3. The molecule has 33 heavy (non-hydrogen) atoms. The molecule has 0 atom stereocenters. The van der Waals surface area contributed by atoms with Gasteiger partial charge in [-0.2, -0.15) is 0 Å². The SMILES string of the molecule is CCc1nncn1CCNC(=NCCc1c[nH]c2ccccc12)NCCc1ccccc1.I. The van der Waals surface area contributed by atoms with Gasteiger partial charge in [0.15, 0.2) is 5.96 Å². The van der Waals surface area contributed by atoms with Crippen LogP contribution in [0.3, 0.4) is 0 Å². The Balaban J connectivity index is 0.00000306. The molecule has 0 aliphatic heterocycles. The molecule has 2 heterocycles. The average Bonchev–Trinajstić information content (AvgIpc) is 3.46. The number of fused-ring (bicyclic) bond motifs is 1. The van der Waals surface area contributed by atoms with Crippen LogP contribution in [0.15, 0.2) is 72.1 Å². The van der Waals surface area contributed by atoms with E-state index in [4.69, 9.17) is 4.99 Å². The first-order chi connectivity index (χ1) is 15.8. The summed E-state index contributed by atoms with van der Waals surface area (Å²) in [6.45, 7) is 5.20. The van der Waals surface area contributed by atoms with E-state index in [1.54, 1.807) is 6.33 Å². The van der Waals surface area contributed by atoms with Gasteiger partial charge in [0.2, 0.25) is 0 Å². The third-order valence-corrected chi connectivity index (χ3v) is 5.53. The predicted molar refractivity (Wildman–Crippen MR) is 145 cm³/mol. The van der Waals surface area contributed by atoms with Crippen molar-refractivity contribution in [3.8, 4) is 0 Å². The third kappa shape index (κ3) is 7.05. The lowest BCUT2D eigenvalue weighted by Crippen LogP contribution is -2.40. The van der Waals surface area contributed by atoms with E-state index in [1.165, 1.54) is 22.0 Å². The van der Waals surface area contributed by atoms with Crippen molar-refractivity contribution in [2.75, 3.05) is 19.6 Å². The first-order valence-electron chi connectivity index (χ1n) is 11.3. The van der Waals surface area contributed by atoms with Crippen LogP contribution in [-0.4, -0.2) is 45.3 Å². The van der Waals surface area contributed by atoms with Crippen molar-refractivity contribution in [1.29, 1.82) is 0 Å². The third-order valence-electron chi connectivity index (χ3n) is 5.53. The van der Waals surface area contributed by atoms with Crippen LogP contribution in [0, 0.1) is 0 Å². The lowest BCUT2D eigenvalue weighted by molar-refractivity contribution is 0.631. The molecule has 0 bridgehead atoms. The monoisotopic (exact) mass is 557 g/mol. The Morgan fingerprint density at radius 1 is 1.00 bits per heavy atom. The van der Waals surface area contributed by atoms with Crippen molar-refractivity contribution in [3.05, 3.63) is 84.1 Å². The van der Waals surface area contributed by atoms with Gasteiger partial charge >= 0.3 is 0 Å². The van der Waals surface area contributed by atoms with Crippen LogP contribution < -0.4 is 10.6 Å². The van der Waals surface area contributed by atoms with Gasteiger partial charge in [-0.05, 0) is 30.0 Å². The largest absolute Gasteiger partial charge is 0.361 e. The highest BCUT2D eigenvalue weighted by Crippen LogP contribution is 2.17. The van der Waals surface area contributed by atoms with E-state index in [2.05, 4.69) is 92.0 Å². The van der Waals surface area contributed by atoms with Crippen LogP contribution in [0.25, 0.3) is 10.9 Å². The number of aliphatic imine (C=N–C) groups is 1. The molecule has 2 aromatic carbocycles. The molecule has 0 aliphatic carbocycles. The number of nitrogens with zero attached hydrogens (tertiary/aromatic N) is 4. The van der Waals surface area contributed by atoms with Gasteiger partial charge < -0.3 is 20.2 Å². The molecule has 0 aliphatic rings. The molecule has 4 aromatic rings. The second-order valence-electron chi connectivity index (χ2n) is 7.72. The smallest absolute Gasteiger partial charge is 0.191 e. The van der Waals surface area contributed by atoms with Crippen LogP contribution in [0.1, 0.15) is 23.9 Å². The fourth-order valence-corrected chi connectivity index (χ4v) is 3.81. The summed E-state index contributed by atoms with van der Waals surface area (Å²) >= 11 is 0. The Labute approximate surface area is 212 Å². The molecule has 3 N–H and O–H groups in total. The van der Waals surface area contributed by atoms with E-state index < -0.39 is 0 Å². The molecule has 7 nitrogen and oxygen atoms in total. The topological polar surface area (TPSA) is 82.9 Å². The minimum absolute atomic E-state index is 0. The summed E-state index contributed by atoms with van der Waals surface area (Å²) in [7, 11) is 0. The van der Waals surface area contributed by atoms with Gasteiger partial charge in [0, 0.05) is 49.7 Å². The average molecular weight is 557 g/mol. The first kappa shape index (κ1) is 24.8. The Hall–Kier alpha value is -2.88. The molecule has 0 amide bonds. The summed E-state index contributed by atoms with van der Waals surface area (Å²) in [6.07, 6.45) is 6.60. The Morgan fingerprint density at radius 3 is 2.64 bits per heavy atom. The van der Waals surface area contributed by atoms with Crippen molar-refractivity contribution in [1.82, 2.24) is 30.4 Å². The summed E-state index contributed by atoms with van der Waals surface area (Å²) in [5.41, 5.74) is 3.78. The second-order valence-corrected chi connectivity index (χ2v) is 7.72. The van der Waals surface area contributed by atoms with Crippen LogP contribution in [0.4, 0.5) is 0 Å². The lowest BCUT2D eigenvalue weighted by atomic mass is 10.1. The van der Waals surface area contributed by atoms with E-state index in [0.717, 1.165) is 57.2 Å². The molecular weight excluding hydrogens is 525 g/mol. The van der Waals surface area contributed by atoms with E-state index in [-0.39, 0.29) is 24.0 Å². The fourth-order valence-electron chi connectivity index (χ4n) is 3.81. The summed E-state index contributed by atoms with van der Waals surface area (Å²) in [4.78, 5) is 8.18. The molecule has 0 fully saturated rings. The number of rotatable bonds is 10. The van der Waals surface area contributed by atoms with Crippen molar-refractivity contribution in [2.45, 2.75) is 32.7 Å². The van der Waals surface area contributed by atoms with E-state index >= 15 is 0 Å².